The lowest BCUT2D eigenvalue weighted by molar-refractivity contribution is 0.157. The van der Waals surface area contributed by atoms with E-state index in [1.165, 1.54) is 12.1 Å². The van der Waals surface area contributed by atoms with Crippen molar-refractivity contribution < 1.29 is 9.50 Å². The first-order valence-corrected chi connectivity index (χ1v) is 6.04. The summed E-state index contributed by atoms with van der Waals surface area (Å²) in [5.41, 5.74) is 1.10. The lowest BCUT2D eigenvalue weighted by Gasteiger charge is -2.08. The molecule has 15 heavy (non-hydrogen) atoms. The fourth-order valence-corrected chi connectivity index (χ4v) is 2.01. The third-order valence-electron chi connectivity index (χ3n) is 2.47. The van der Waals surface area contributed by atoms with Gasteiger partial charge < -0.3 is 5.11 Å². The molecule has 0 aliphatic heterocycles. The Morgan fingerprint density at radius 1 is 1.47 bits per heavy atom. The van der Waals surface area contributed by atoms with E-state index in [0.717, 1.165) is 35.7 Å². The van der Waals surface area contributed by atoms with Crippen LogP contribution in [0.4, 0.5) is 4.39 Å². The molecule has 1 aromatic rings. The van der Waals surface area contributed by atoms with E-state index < -0.39 is 0 Å². The van der Waals surface area contributed by atoms with Gasteiger partial charge in [0.25, 0.3) is 0 Å². The molecular weight excluding hydrogens is 259 g/mol. The number of aliphatic hydroxyl groups is 1. The van der Waals surface area contributed by atoms with E-state index >= 15 is 0 Å². The number of benzene rings is 1. The molecule has 0 aliphatic rings. The molecule has 1 N–H and O–H groups in total. The van der Waals surface area contributed by atoms with Gasteiger partial charge in [-0.2, -0.15) is 0 Å². The fourth-order valence-electron chi connectivity index (χ4n) is 1.46. The Morgan fingerprint density at radius 2 is 2.20 bits per heavy atom. The van der Waals surface area contributed by atoms with Gasteiger partial charge in [0.1, 0.15) is 5.82 Å². The molecule has 84 valence electrons. The van der Waals surface area contributed by atoms with Crippen LogP contribution in [0, 0.1) is 5.82 Å². The molecule has 0 radical (unpaired) electrons. The second-order valence-corrected chi connectivity index (χ2v) is 4.54. The summed E-state index contributed by atoms with van der Waals surface area (Å²) in [6, 6.07) is 4.74. The molecule has 0 amide bonds. The van der Waals surface area contributed by atoms with Crippen LogP contribution in [0.25, 0.3) is 0 Å². The number of hydrogen-bond donors (Lipinski definition) is 1. The van der Waals surface area contributed by atoms with Crippen LogP contribution in [-0.2, 0) is 6.42 Å². The Hall–Kier alpha value is -0.410. The van der Waals surface area contributed by atoms with Gasteiger partial charge in [0, 0.05) is 4.47 Å². The molecule has 1 nitrogen and oxygen atoms in total. The highest BCUT2D eigenvalue weighted by Crippen LogP contribution is 2.20. The van der Waals surface area contributed by atoms with Gasteiger partial charge in [-0.05, 0) is 43.4 Å². The summed E-state index contributed by atoms with van der Waals surface area (Å²) in [4.78, 5) is 0. The van der Waals surface area contributed by atoms with Gasteiger partial charge in [-0.25, -0.2) is 4.39 Å². The van der Waals surface area contributed by atoms with Crippen LogP contribution in [0.2, 0.25) is 0 Å². The van der Waals surface area contributed by atoms with Crippen molar-refractivity contribution in [2.75, 3.05) is 0 Å². The third kappa shape index (κ3) is 4.31. The molecule has 0 aromatic heterocycles. The predicted molar refractivity (Wildman–Crippen MR) is 63.3 cm³/mol. The van der Waals surface area contributed by atoms with E-state index in [4.69, 9.17) is 0 Å². The van der Waals surface area contributed by atoms with E-state index in [9.17, 15) is 9.50 Å². The number of aryl methyl sites for hydroxylation is 1. The number of hydrogen-bond acceptors (Lipinski definition) is 1. The molecule has 3 heteroatoms. The maximum atomic E-state index is 12.8. The second-order valence-electron chi connectivity index (χ2n) is 3.69. The van der Waals surface area contributed by atoms with Crippen molar-refractivity contribution in [3.05, 3.63) is 34.1 Å². The Bertz CT molecular complexity index is 314. The fraction of sp³-hybridized carbons (Fsp3) is 0.500. The molecule has 0 fully saturated rings. The summed E-state index contributed by atoms with van der Waals surface area (Å²) in [6.07, 6.45) is 3.20. The van der Waals surface area contributed by atoms with Crippen LogP contribution >= 0.6 is 15.9 Å². The Balaban J connectivity index is 2.44. The van der Waals surface area contributed by atoms with E-state index in [1.807, 2.05) is 6.92 Å². The molecule has 0 aliphatic carbocycles. The van der Waals surface area contributed by atoms with Gasteiger partial charge >= 0.3 is 0 Å². The highest BCUT2D eigenvalue weighted by molar-refractivity contribution is 9.10. The summed E-state index contributed by atoms with van der Waals surface area (Å²) in [6.45, 7) is 1.97. The summed E-state index contributed by atoms with van der Waals surface area (Å²) < 4.78 is 13.6. The molecule has 0 saturated carbocycles. The molecule has 0 heterocycles. The number of halogens is 2. The van der Waals surface area contributed by atoms with Gasteiger partial charge in [0.05, 0.1) is 6.10 Å². The van der Waals surface area contributed by atoms with E-state index in [0.29, 0.717) is 0 Å². The first-order valence-electron chi connectivity index (χ1n) is 5.25. The van der Waals surface area contributed by atoms with Crippen molar-refractivity contribution in [2.45, 2.75) is 38.7 Å². The first kappa shape index (κ1) is 12.7. The van der Waals surface area contributed by atoms with E-state index in [2.05, 4.69) is 15.9 Å². The maximum Gasteiger partial charge on any atom is 0.124 e. The zero-order chi connectivity index (χ0) is 11.3. The SMILES string of the molecule is CCC(O)CCCc1ccc(F)cc1Br. The Kier molecular flexibility index (Phi) is 5.26. The van der Waals surface area contributed by atoms with Crippen LogP contribution in [0.1, 0.15) is 31.7 Å². The smallest absolute Gasteiger partial charge is 0.124 e. The van der Waals surface area contributed by atoms with Gasteiger partial charge in [-0.1, -0.05) is 28.9 Å². The van der Waals surface area contributed by atoms with Gasteiger partial charge in [0.2, 0.25) is 0 Å². The molecule has 1 atom stereocenters. The van der Waals surface area contributed by atoms with Crippen LogP contribution in [-0.4, -0.2) is 11.2 Å². The molecule has 0 spiro atoms. The van der Waals surface area contributed by atoms with Crippen molar-refractivity contribution in [1.29, 1.82) is 0 Å². The van der Waals surface area contributed by atoms with Crippen molar-refractivity contribution >= 4 is 15.9 Å². The monoisotopic (exact) mass is 274 g/mol. The van der Waals surface area contributed by atoms with Gasteiger partial charge in [-0.15, -0.1) is 0 Å². The van der Waals surface area contributed by atoms with E-state index in [1.54, 1.807) is 6.07 Å². The average Bonchev–Trinajstić information content (AvgIpc) is 2.21. The predicted octanol–water partition coefficient (Wildman–Crippen LogP) is 3.68. The van der Waals surface area contributed by atoms with Crippen LogP contribution in [0.5, 0.6) is 0 Å². The van der Waals surface area contributed by atoms with Gasteiger partial charge in [0.15, 0.2) is 0 Å². The Morgan fingerprint density at radius 3 is 2.80 bits per heavy atom. The number of aliphatic hydroxyl groups excluding tert-OH is 1. The lowest BCUT2D eigenvalue weighted by Crippen LogP contribution is -2.04. The summed E-state index contributed by atoms with van der Waals surface area (Å²) >= 11 is 3.33. The topological polar surface area (TPSA) is 20.2 Å². The minimum atomic E-state index is -0.223. The first-order chi connectivity index (χ1) is 7.13. The highest BCUT2D eigenvalue weighted by Gasteiger charge is 2.04. The zero-order valence-electron chi connectivity index (χ0n) is 8.84. The summed E-state index contributed by atoms with van der Waals surface area (Å²) in [5.74, 6) is -0.223. The molecule has 0 bridgehead atoms. The molecule has 1 aromatic carbocycles. The largest absolute Gasteiger partial charge is 0.393 e. The summed E-state index contributed by atoms with van der Waals surface area (Å²) in [7, 11) is 0. The van der Waals surface area contributed by atoms with Crippen molar-refractivity contribution in [3.63, 3.8) is 0 Å². The molecular formula is C12H16BrFO. The lowest BCUT2D eigenvalue weighted by atomic mass is 10.0. The van der Waals surface area contributed by atoms with Crippen LogP contribution in [0.15, 0.2) is 22.7 Å². The normalized spacial score (nSPS) is 12.8. The quantitative estimate of drug-likeness (QED) is 0.869. The van der Waals surface area contributed by atoms with Crippen molar-refractivity contribution in [1.82, 2.24) is 0 Å². The average molecular weight is 275 g/mol. The molecule has 0 saturated heterocycles. The minimum absolute atomic E-state index is 0.204. The maximum absolute atomic E-state index is 12.8. The van der Waals surface area contributed by atoms with Crippen LogP contribution < -0.4 is 0 Å². The van der Waals surface area contributed by atoms with E-state index in [-0.39, 0.29) is 11.9 Å². The molecule has 1 rings (SSSR count). The Labute approximate surface area is 98.4 Å². The second kappa shape index (κ2) is 6.23. The minimum Gasteiger partial charge on any atom is -0.393 e. The highest BCUT2D eigenvalue weighted by atomic mass is 79.9. The van der Waals surface area contributed by atoms with Crippen LogP contribution in [0.3, 0.4) is 0 Å². The molecule has 1 unspecified atom stereocenters. The summed E-state index contributed by atoms with van der Waals surface area (Å²) in [5, 5.41) is 9.38. The van der Waals surface area contributed by atoms with Gasteiger partial charge in [-0.3, -0.25) is 0 Å². The number of rotatable bonds is 5. The van der Waals surface area contributed by atoms with Crippen molar-refractivity contribution in [3.8, 4) is 0 Å². The zero-order valence-corrected chi connectivity index (χ0v) is 10.4. The van der Waals surface area contributed by atoms with Crippen molar-refractivity contribution in [2.24, 2.45) is 0 Å². The third-order valence-corrected chi connectivity index (χ3v) is 3.21. The standard InChI is InChI=1S/C12H16BrFO/c1-2-11(15)5-3-4-9-6-7-10(14)8-12(9)13/h6-8,11,15H,2-5H2,1H3.